The van der Waals surface area contributed by atoms with Crippen LogP contribution in [0.5, 0.6) is 0 Å². The third-order valence-corrected chi connectivity index (χ3v) is 4.98. The molecule has 1 saturated carbocycles. The van der Waals surface area contributed by atoms with Gasteiger partial charge in [0.2, 0.25) is 0 Å². The highest BCUT2D eigenvalue weighted by molar-refractivity contribution is 5.70. The molecule has 124 valence electrons. The fourth-order valence-electron chi connectivity index (χ4n) is 4.12. The van der Waals surface area contributed by atoms with Gasteiger partial charge in [0.15, 0.2) is 0 Å². The molecule has 1 amide bonds. The van der Waals surface area contributed by atoms with E-state index in [9.17, 15) is 4.79 Å². The van der Waals surface area contributed by atoms with Crippen LogP contribution >= 0.6 is 0 Å². The van der Waals surface area contributed by atoms with Crippen molar-refractivity contribution in [3.05, 3.63) is 48.0 Å². The molecule has 2 fully saturated rings. The molecule has 1 aliphatic carbocycles. The first-order chi connectivity index (χ1) is 10.9. The number of rotatable bonds is 1. The number of likely N-dealkylation sites (tertiary alicyclic amines) is 1. The van der Waals surface area contributed by atoms with Crippen molar-refractivity contribution in [1.29, 1.82) is 0 Å². The fraction of sp³-hybridized carbons (Fsp3) is 0.550. The van der Waals surface area contributed by atoms with Gasteiger partial charge in [-0.1, -0.05) is 48.9 Å². The third-order valence-electron chi connectivity index (χ3n) is 4.98. The zero-order valence-corrected chi connectivity index (χ0v) is 14.4. The Bertz CT molecular complexity index is 587. The Labute approximate surface area is 139 Å². The minimum Gasteiger partial charge on any atom is -0.444 e. The smallest absolute Gasteiger partial charge is 0.411 e. The molecule has 1 heterocycles. The summed E-state index contributed by atoms with van der Waals surface area (Å²) in [5.74, 6) is 1.00. The summed E-state index contributed by atoms with van der Waals surface area (Å²) in [4.78, 5) is 14.7. The lowest BCUT2D eigenvalue weighted by Gasteiger charge is -2.44. The highest BCUT2D eigenvalue weighted by Gasteiger charge is 2.45. The lowest BCUT2D eigenvalue weighted by molar-refractivity contribution is 0.00229. The predicted molar refractivity (Wildman–Crippen MR) is 92.1 cm³/mol. The zero-order valence-electron chi connectivity index (χ0n) is 14.4. The normalized spacial score (nSPS) is 27.7. The first-order valence-electron chi connectivity index (χ1n) is 8.59. The standard InChI is InChI=1S/C20H27NO2/c1-14-13-21(19(22)23-20(2,3)4)18(15-9-6-5-7-10-15)17-12-8-11-16(14)17/h5-7,9-10,16-18H,1,8,11-13H2,2-4H3/t16-,17-,18?/m1/s1. The van der Waals surface area contributed by atoms with Crippen LogP contribution in [0.2, 0.25) is 0 Å². The second kappa shape index (κ2) is 6.03. The van der Waals surface area contributed by atoms with E-state index in [0.717, 1.165) is 6.42 Å². The molecule has 3 heteroatoms. The largest absolute Gasteiger partial charge is 0.444 e. The molecule has 1 unspecified atom stereocenters. The average Bonchev–Trinajstić information content (AvgIpc) is 2.96. The number of nitrogens with zero attached hydrogens (tertiary/aromatic N) is 1. The SMILES string of the molecule is C=C1CN(C(=O)OC(C)(C)C)C(c2ccccc2)[C@@H]2CCC[C@H]12. The van der Waals surface area contributed by atoms with Gasteiger partial charge in [0, 0.05) is 6.54 Å². The first kappa shape index (κ1) is 16.1. The number of fused-ring (bicyclic) bond motifs is 1. The second-order valence-corrected chi connectivity index (χ2v) is 7.82. The van der Waals surface area contributed by atoms with Gasteiger partial charge in [-0.15, -0.1) is 0 Å². The van der Waals surface area contributed by atoms with Gasteiger partial charge in [-0.2, -0.15) is 0 Å². The molecule has 0 radical (unpaired) electrons. The van der Waals surface area contributed by atoms with Gasteiger partial charge >= 0.3 is 6.09 Å². The summed E-state index contributed by atoms with van der Waals surface area (Å²) in [5, 5.41) is 0. The molecule has 3 atom stereocenters. The van der Waals surface area contributed by atoms with Crippen molar-refractivity contribution in [2.24, 2.45) is 11.8 Å². The maximum atomic E-state index is 12.8. The Hall–Kier alpha value is -1.77. The first-order valence-corrected chi connectivity index (χ1v) is 8.59. The summed E-state index contributed by atoms with van der Waals surface area (Å²) >= 11 is 0. The van der Waals surface area contributed by atoms with Gasteiger partial charge in [-0.3, -0.25) is 4.90 Å². The summed E-state index contributed by atoms with van der Waals surface area (Å²) < 4.78 is 5.67. The second-order valence-electron chi connectivity index (χ2n) is 7.82. The number of carbonyl (C=O) groups excluding carboxylic acids is 1. The molecule has 0 bridgehead atoms. The van der Waals surface area contributed by atoms with Crippen molar-refractivity contribution in [3.63, 3.8) is 0 Å². The maximum Gasteiger partial charge on any atom is 0.411 e. The molecule has 1 aromatic rings. The summed E-state index contributed by atoms with van der Waals surface area (Å²) in [7, 11) is 0. The van der Waals surface area contributed by atoms with E-state index in [-0.39, 0.29) is 12.1 Å². The van der Waals surface area contributed by atoms with E-state index in [1.54, 1.807) is 0 Å². The molecule has 1 saturated heterocycles. The molecular formula is C20H27NO2. The lowest BCUT2D eigenvalue weighted by atomic mass is 9.77. The van der Waals surface area contributed by atoms with Crippen LogP contribution in [-0.2, 0) is 4.74 Å². The zero-order chi connectivity index (χ0) is 16.6. The fourth-order valence-corrected chi connectivity index (χ4v) is 4.12. The number of ether oxygens (including phenoxy) is 1. The van der Waals surface area contributed by atoms with Crippen LogP contribution in [0.3, 0.4) is 0 Å². The van der Waals surface area contributed by atoms with E-state index in [1.807, 2.05) is 31.7 Å². The minimum absolute atomic E-state index is 0.101. The van der Waals surface area contributed by atoms with Crippen LogP contribution in [-0.4, -0.2) is 23.1 Å². The van der Waals surface area contributed by atoms with Gasteiger partial charge in [0.25, 0.3) is 0 Å². The summed E-state index contributed by atoms with van der Waals surface area (Å²) in [6.45, 7) is 10.6. The van der Waals surface area contributed by atoms with E-state index < -0.39 is 5.60 Å². The molecule has 23 heavy (non-hydrogen) atoms. The topological polar surface area (TPSA) is 29.5 Å². The predicted octanol–water partition coefficient (Wildman–Crippen LogP) is 4.95. The number of hydrogen-bond donors (Lipinski definition) is 0. The summed E-state index contributed by atoms with van der Waals surface area (Å²) in [6.07, 6.45) is 3.36. The van der Waals surface area contributed by atoms with Crippen LogP contribution < -0.4 is 0 Å². The maximum absolute atomic E-state index is 12.8. The molecule has 0 aromatic heterocycles. The number of hydrogen-bond acceptors (Lipinski definition) is 2. The van der Waals surface area contributed by atoms with E-state index in [1.165, 1.54) is 24.0 Å². The molecule has 2 aliphatic rings. The van der Waals surface area contributed by atoms with Crippen molar-refractivity contribution in [2.75, 3.05) is 6.54 Å². The van der Waals surface area contributed by atoms with Gasteiger partial charge in [-0.25, -0.2) is 4.79 Å². The van der Waals surface area contributed by atoms with Crippen molar-refractivity contribution in [1.82, 2.24) is 4.90 Å². The quantitative estimate of drug-likeness (QED) is 0.686. The van der Waals surface area contributed by atoms with Crippen LogP contribution in [0.4, 0.5) is 4.79 Å². The average molecular weight is 313 g/mol. The third kappa shape index (κ3) is 3.29. The van der Waals surface area contributed by atoms with E-state index in [2.05, 4.69) is 30.8 Å². The van der Waals surface area contributed by atoms with Crippen LogP contribution in [0.1, 0.15) is 51.6 Å². The van der Waals surface area contributed by atoms with Crippen molar-refractivity contribution in [2.45, 2.75) is 51.7 Å². The Kier molecular flexibility index (Phi) is 4.22. The van der Waals surface area contributed by atoms with E-state index in [0.29, 0.717) is 18.4 Å². The summed E-state index contributed by atoms with van der Waals surface area (Å²) in [6, 6.07) is 10.5. The number of amides is 1. The van der Waals surface area contributed by atoms with Crippen LogP contribution in [0, 0.1) is 11.8 Å². The van der Waals surface area contributed by atoms with Crippen LogP contribution in [0.25, 0.3) is 0 Å². The monoisotopic (exact) mass is 313 g/mol. The Morgan fingerprint density at radius 3 is 2.57 bits per heavy atom. The van der Waals surface area contributed by atoms with Gasteiger partial charge in [0.1, 0.15) is 5.60 Å². The number of carbonyl (C=O) groups is 1. The number of piperidine rings is 1. The van der Waals surface area contributed by atoms with Crippen molar-refractivity contribution < 1.29 is 9.53 Å². The molecular weight excluding hydrogens is 286 g/mol. The summed E-state index contributed by atoms with van der Waals surface area (Å²) in [5.41, 5.74) is 1.92. The Morgan fingerprint density at radius 2 is 1.91 bits per heavy atom. The van der Waals surface area contributed by atoms with Gasteiger partial charge in [0.05, 0.1) is 6.04 Å². The van der Waals surface area contributed by atoms with Crippen molar-refractivity contribution >= 4 is 6.09 Å². The van der Waals surface area contributed by atoms with Crippen LogP contribution in [0.15, 0.2) is 42.5 Å². The van der Waals surface area contributed by atoms with E-state index in [4.69, 9.17) is 4.74 Å². The highest BCUT2D eigenvalue weighted by Crippen LogP contribution is 2.50. The van der Waals surface area contributed by atoms with E-state index >= 15 is 0 Å². The molecule has 3 rings (SSSR count). The molecule has 0 N–H and O–H groups in total. The van der Waals surface area contributed by atoms with Gasteiger partial charge in [-0.05, 0) is 51.0 Å². The Balaban J connectivity index is 1.94. The van der Waals surface area contributed by atoms with Crippen molar-refractivity contribution in [3.8, 4) is 0 Å². The highest BCUT2D eigenvalue weighted by atomic mass is 16.6. The molecule has 1 aliphatic heterocycles. The molecule has 3 nitrogen and oxygen atoms in total. The van der Waals surface area contributed by atoms with Gasteiger partial charge < -0.3 is 4.74 Å². The molecule has 0 spiro atoms. The minimum atomic E-state index is -0.480. The lowest BCUT2D eigenvalue weighted by Crippen LogP contribution is -2.47. The molecule has 1 aromatic carbocycles. The number of benzene rings is 1. The Morgan fingerprint density at radius 1 is 1.22 bits per heavy atom.